The molecule has 0 aliphatic heterocycles. The summed E-state index contributed by atoms with van der Waals surface area (Å²) < 4.78 is 0. The number of ketones is 1. The molecule has 2 rings (SSSR count). The Morgan fingerprint density at radius 3 is 3.07 bits per heavy atom. The highest BCUT2D eigenvalue weighted by atomic mass is 35.5. The Morgan fingerprint density at radius 2 is 2.33 bits per heavy atom. The van der Waals surface area contributed by atoms with Crippen LogP contribution in [0.5, 0.6) is 0 Å². The molecule has 0 spiro atoms. The molecule has 1 aromatic carbocycles. The lowest BCUT2D eigenvalue weighted by Crippen LogP contribution is -2.00. The van der Waals surface area contributed by atoms with E-state index in [1.807, 2.05) is 13.0 Å². The second kappa shape index (κ2) is 4.03. The van der Waals surface area contributed by atoms with E-state index in [1.165, 1.54) is 0 Å². The van der Waals surface area contributed by atoms with Crippen molar-refractivity contribution in [1.82, 2.24) is 10.2 Å². The first kappa shape index (κ1) is 10.2. The Labute approximate surface area is 92.4 Å². The number of H-pyrrole nitrogens is 1. The third-order valence-electron chi connectivity index (χ3n) is 2.36. The molecule has 0 fully saturated rings. The van der Waals surface area contributed by atoms with E-state index in [0.717, 1.165) is 16.6 Å². The highest BCUT2D eigenvalue weighted by Crippen LogP contribution is 2.20. The van der Waals surface area contributed by atoms with Crippen LogP contribution in [-0.4, -0.2) is 16.0 Å². The number of benzene rings is 1. The molecule has 0 atom stereocenters. The fraction of sp³-hybridized carbons (Fsp3) is 0.273. The smallest absolute Gasteiger partial charge is 0.138 e. The minimum atomic E-state index is 0.204. The highest BCUT2D eigenvalue weighted by molar-refractivity contribution is 6.31. The topological polar surface area (TPSA) is 45.8 Å². The van der Waals surface area contributed by atoms with Crippen molar-refractivity contribution in [2.75, 3.05) is 0 Å². The van der Waals surface area contributed by atoms with E-state index in [4.69, 9.17) is 11.6 Å². The SMILES string of the molecule is CCC(=O)Cc1[nH]nc2cc(Cl)ccc12. The normalized spacial score (nSPS) is 10.8. The first-order valence-electron chi connectivity index (χ1n) is 4.85. The number of fused-ring (bicyclic) bond motifs is 1. The maximum absolute atomic E-state index is 11.3. The summed E-state index contributed by atoms with van der Waals surface area (Å²) in [4.78, 5) is 11.3. The van der Waals surface area contributed by atoms with Gasteiger partial charge in [-0.25, -0.2) is 0 Å². The van der Waals surface area contributed by atoms with Gasteiger partial charge in [-0.05, 0) is 18.2 Å². The maximum Gasteiger partial charge on any atom is 0.138 e. The minimum Gasteiger partial charge on any atom is -0.299 e. The molecule has 4 heteroatoms. The molecule has 1 N–H and O–H groups in total. The van der Waals surface area contributed by atoms with Gasteiger partial charge < -0.3 is 0 Å². The zero-order chi connectivity index (χ0) is 10.8. The van der Waals surface area contributed by atoms with Gasteiger partial charge in [0.1, 0.15) is 5.78 Å². The lowest BCUT2D eigenvalue weighted by Gasteiger charge is -1.95. The number of carbonyl (C=O) groups excluding carboxylic acids is 1. The van der Waals surface area contributed by atoms with Crippen LogP contribution in [0.2, 0.25) is 5.02 Å². The molecule has 0 radical (unpaired) electrons. The Kier molecular flexibility index (Phi) is 2.73. The number of hydrogen-bond donors (Lipinski definition) is 1. The quantitative estimate of drug-likeness (QED) is 0.868. The molecule has 78 valence electrons. The second-order valence-corrected chi connectivity index (χ2v) is 3.87. The molecule has 1 heterocycles. The maximum atomic E-state index is 11.3. The van der Waals surface area contributed by atoms with Crippen LogP contribution in [0.1, 0.15) is 19.0 Å². The van der Waals surface area contributed by atoms with Gasteiger partial charge in [-0.15, -0.1) is 0 Å². The van der Waals surface area contributed by atoms with E-state index in [2.05, 4.69) is 10.2 Å². The number of aromatic nitrogens is 2. The third kappa shape index (κ3) is 2.02. The third-order valence-corrected chi connectivity index (χ3v) is 2.60. The summed E-state index contributed by atoms with van der Waals surface area (Å²) in [6.07, 6.45) is 0.961. The molecule has 0 bridgehead atoms. The van der Waals surface area contributed by atoms with Crippen molar-refractivity contribution >= 4 is 28.3 Å². The number of nitrogens with one attached hydrogen (secondary N) is 1. The molecule has 15 heavy (non-hydrogen) atoms. The van der Waals surface area contributed by atoms with Gasteiger partial charge in [0, 0.05) is 23.3 Å². The van der Waals surface area contributed by atoms with Gasteiger partial charge in [-0.2, -0.15) is 5.10 Å². The highest BCUT2D eigenvalue weighted by Gasteiger charge is 2.08. The number of hydrogen-bond acceptors (Lipinski definition) is 2. The summed E-state index contributed by atoms with van der Waals surface area (Å²) >= 11 is 5.84. The fourth-order valence-corrected chi connectivity index (χ4v) is 1.66. The molecule has 0 amide bonds. The zero-order valence-corrected chi connectivity index (χ0v) is 9.14. The van der Waals surface area contributed by atoms with E-state index < -0.39 is 0 Å². The minimum absolute atomic E-state index is 0.204. The molecular weight excluding hydrogens is 212 g/mol. The number of carbonyl (C=O) groups is 1. The molecule has 0 saturated carbocycles. The van der Waals surface area contributed by atoms with Gasteiger partial charge in [0.05, 0.1) is 11.2 Å². The van der Waals surface area contributed by atoms with Crippen LogP contribution < -0.4 is 0 Å². The molecule has 0 saturated heterocycles. The summed E-state index contributed by atoms with van der Waals surface area (Å²) in [5.74, 6) is 0.204. The predicted octanol–water partition coefficient (Wildman–Crippen LogP) is 2.74. The van der Waals surface area contributed by atoms with Crippen molar-refractivity contribution in [2.45, 2.75) is 19.8 Å². The number of aromatic amines is 1. The Hall–Kier alpha value is -1.35. The number of Topliss-reactive ketones (excluding diaryl/α,β-unsaturated/α-hetero) is 1. The van der Waals surface area contributed by atoms with E-state index in [9.17, 15) is 4.79 Å². The van der Waals surface area contributed by atoms with E-state index in [0.29, 0.717) is 17.9 Å². The van der Waals surface area contributed by atoms with Gasteiger partial charge >= 0.3 is 0 Å². The summed E-state index contributed by atoms with van der Waals surface area (Å²) in [5.41, 5.74) is 1.68. The van der Waals surface area contributed by atoms with Crippen LogP contribution in [-0.2, 0) is 11.2 Å². The van der Waals surface area contributed by atoms with E-state index >= 15 is 0 Å². The lowest BCUT2D eigenvalue weighted by molar-refractivity contribution is -0.118. The summed E-state index contributed by atoms with van der Waals surface area (Å²) in [6, 6.07) is 5.48. The molecule has 2 aromatic rings. The standard InChI is InChI=1S/C11H11ClN2O/c1-2-8(15)6-11-9-4-3-7(12)5-10(9)13-14-11/h3-5H,2,6H2,1H3,(H,13,14). The van der Waals surface area contributed by atoms with Crippen LogP contribution in [0.4, 0.5) is 0 Å². The van der Waals surface area contributed by atoms with Gasteiger partial charge in [0.2, 0.25) is 0 Å². The fourth-order valence-electron chi connectivity index (χ4n) is 1.50. The molecule has 3 nitrogen and oxygen atoms in total. The van der Waals surface area contributed by atoms with Crippen LogP contribution in [0.3, 0.4) is 0 Å². The van der Waals surface area contributed by atoms with E-state index in [-0.39, 0.29) is 5.78 Å². The second-order valence-electron chi connectivity index (χ2n) is 3.43. The first-order chi connectivity index (χ1) is 7.20. The van der Waals surface area contributed by atoms with Crippen LogP contribution in [0, 0.1) is 0 Å². The van der Waals surface area contributed by atoms with Gasteiger partial charge in [-0.1, -0.05) is 18.5 Å². The average Bonchev–Trinajstić information content (AvgIpc) is 2.60. The van der Waals surface area contributed by atoms with Crippen LogP contribution >= 0.6 is 11.6 Å². The summed E-state index contributed by atoms with van der Waals surface area (Å²) in [6.45, 7) is 1.86. The van der Waals surface area contributed by atoms with Gasteiger partial charge in [-0.3, -0.25) is 9.89 Å². The van der Waals surface area contributed by atoms with Gasteiger partial charge in [0.25, 0.3) is 0 Å². The summed E-state index contributed by atoms with van der Waals surface area (Å²) in [5, 5.41) is 8.61. The predicted molar refractivity (Wildman–Crippen MR) is 60.1 cm³/mol. The van der Waals surface area contributed by atoms with Crippen LogP contribution in [0.15, 0.2) is 18.2 Å². The monoisotopic (exact) mass is 222 g/mol. The van der Waals surface area contributed by atoms with Crippen molar-refractivity contribution < 1.29 is 4.79 Å². The molecule has 0 aliphatic carbocycles. The van der Waals surface area contributed by atoms with Crippen molar-refractivity contribution in [3.05, 3.63) is 28.9 Å². The van der Waals surface area contributed by atoms with Gasteiger partial charge in [0.15, 0.2) is 0 Å². The molecule has 0 aliphatic rings. The van der Waals surface area contributed by atoms with Crippen LogP contribution in [0.25, 0.3) is 10.9 Å². The Morgan fingerprint density at radius 1 is 1.53 bits per heavy atom. The van der Waals surface area contributed by atoms with Crippen molar-refractivity contribution in [3.8, 4) is 0 Å². The van der Waals surface area contributed by atoms with Crippen molar-refractivity contribution in [2.24, 2.45) is 0 Å². The molecular formula is C11H11ClN2O. The Bertz CT molecular complexity index is 504. The largest absolute Gasteiger partial charge is 0.299 e. The first-order valence-corrected chi connectivity index (χ1v) is 5.22. The number of halogens is 1. The summed E-state index contributed by atoms with van der Waals surface area (Å²) in [7, 11) is 0. The average molecular weight is 223 g/mol. The van der Waals surface area contributed by atoms with Crippen molar-refractivity contribution in [3.63, 3.8) is 0 Å². The van der Waals surface area contributed by atoms with Crippen molar-refractivity contribution in [1.29, 1.82) is 0 Å². The zero-order valence-electron chi connectivity index (χ0n) is 8.38. The Balaban J connectivity index is 2.41. The molecule has 0 unspecified atom stereocenters. The molecule has 1 aromatic heterocycles. The number of nitrogens with zero attached hydrogens (tertiary/aromatic N) is 1. The van der Waals surface area contributed by atoms with E-state index in [1.54, 1.807) is 12.1 Å². The number of rotatable bonds is 3. The lowest BCUT2D eigenvalue weighted by atomic mass is 10.1.